The number of nitrogens with zero attached hydrogens (tertiary/aromatic N) is 9. The molecule has 62 heavy (non-hydrogen) atoms. The number of hydrogen-bond acceptors (Lipinski definition) is 13. The minimum absolute atomic E-state index is 0.0297. The third-order valence-electron chi connectivity index (χ3n) is 11.2. The number of carbonyl (C=O) groups is 2. The number of carbonyl (C=O) groups excluding carboxylic acids is 2. The average molecular weight is 842 g/mol. The Morgan fingerprint density at radius 3 is 1.95 bits per heavy atom. The predicted octanol–water partition coefficient (Wildman–Crippen LogP) is 6.31. The summed E-state index contributed by atoms with van der Waals surface area (Å²) in [5.74, 6) is 3.70. The second-order valence-electron chi connectivity index (χ2n) is 16.7. The molecular weight excluding hydrogens is 787 g/mol. The summed E-state index contributed by atoms with van der Waals surface area (Å²) in [5, 5.41) is 0. The van der Waals surface area contributed by atoms with Gasteiger partial charge in [-0.3, -0.25) is 4.79 Å². The van der Waals surface area contributed by atoms with Gasteiger partial charge in [-0.15, -0.1) is 0 Å². The van der Waals surface area contributed by atoms with Gasteiger partial charge in [0.1, 0.15) is 22.9 Å². The Balaban J connectivity index is 1.04. The Kier molecular flexibility index (Phi) is 12.7. The summed E-state index contributed by atoms with van der Waals surface area (Å²) in [6, 6.07) is 24.2. The molecular formula is C47H55N9O6. The molecule has 15 nitrogen and oxygen atoms in total. The van der Waals surface area contributed by atoms with Crippen LogP contribution in [0.2, 0.25) is 0 Å². The summed E-state index contributed by atoms with van der Waals surface area (Å²) in [7, 11) is 3.33. The summed E-state index contributed by atoms with van der Waals surface area (Å²) >= 11 is 0. The molecule has 5 heterocycles. The van der Waals surface area contributed by atoms with Crippen LogP contribution in [0.1, 0.15) is 43.0 Å². The van der Waals surface area contributed by atoms with Crippen molar-refractivity contribution in [2.75, 3.05) is 87.9 Å². The van der Waals surface area contributed by atoms with E-state index in [1.54, 1.807) is 19.1 Å². The first-order valence-electron chi connectivity index (χ1n) is 21.2. The highest BCUT2D eigenvalue weighted by Crippen LogP contribution is 2.39. The number of ether oxygens (including phenoxy) is 4. The van der Waals surface area contributed by atoms with Gasteiger partial charge in [0, 0.05) is 88.1 Å². The quantitative estimate of drug-likeness (QED) is 0.139. The summed E-state index contributed by atoms with van der Waals surface area (Å²) in [6.07, 6.45) is 4.37. The number of aromatic nitrogens is 4. The molecule has 0 saturated carbocycles. The zero-order valence-electron chi connectivity index (χ0n) is 36.2. The first kappa shape index (κ1) is 42.2. The van der Waals surface area contributed by atoms with Gasteiger partial charge in [-0.25, -0.2) is 19.7 Å². The highest BCUT2D eigenvalue weighted by atomic mass is 16.6. The van der Waals surface area contributed by atoms with Gasteiger partial charge in [-0.05, 0) is 80.3 Å². The fourth-order valence-electron chi connectivity index (χ4n) is 7.93. The summed E-state index contributed by atoms with van der Waals surface area (Å²) in [4.78, 5) is 56.5. The molecule has 2 aromatic heterocycles. The first-order chi connectivity index (χ1) is 30.0. The smallest absolute Gasteiger partial charge is 0.410 e. The minimum atomic E-state index is -0.566. The van der Waals surface area contributed by atoms with Crippen LogP contribution in [0.5, 0.6) is 11.5 Å². The molecule has 3 aromatic carbocycles. The van der Waals surface area contributed by atoms with Crippen molar-refractivity contribution in [3.8, 4) is 22.8 Å². The molecule has 2 saturated heterocycles. The third kappa shape index (κ3) is 10.00. The number of anilines is 4. The maximum Gasteiger partial charge on any atom is 0.410 e. The van der Waals surface area contributed by atoms with E-state index in [1.165, 1.54) is 0 Å². The molecule has 0 aliphatic carbocycles. The highest BCUT2D eigenvalue weighted by Gasteiger charge is 2.31. The molecule has 0 bridgehead atoms. The predicted molar refractivity (Wildman–Crippen MR) is 237 cm³/mol. The van der Waals surface area contributed by atoms with E-state index in [9.17, 15) is 9.59 Å². The van der Waals surface area contributed by atoms with Gasteiger partial charge in [-0.2, -0.15) is 4.98 Å². The minimum Gasteiger partial charge on any atom is -0.497 e. The van der Waals surface area contributed by atoms with Gasteiger partial charge >= 0.3 is 6.09 Å². The van der Waals surface area contributed by atoms with Crippen molar-refractivity contribution in [3.05, 3.63) is 107 Å². The molecule has 2 amide bonds. The summed E-state index contributed by atoms with van der Waals surface area (Å²) in [5.41, 5.74) is 6.14. The van der Waals surface area contributed by atoms with Crippen LogP contribution in [0, 0.1) is 0 Å². The second-order valence-corrected chi connectivity index (χ2v) is 16.7. The number of rotatable bonds is 12. The standard InChI is InChI=1S/C47H55N9O6/c1-47(2,3)62-46(58)54-21-19-52(20-22-54)41(57)28-35-7-6-8-37(27-35)56-18-17-40-42(50-45(51-43(40)56)53-23-25-61-26-24-53)36-29-48-44(49-30-36)55(31-33-9-13-38(59-4)14-10-33)32-34-11-15-39(60-5)16-12-34/h6-16,27,29-30H,17-26,28,31-32H2,1-5H3. The maximum absolute atomic E-state index is 13.5. The van der Waals surface area contributed by atoms with Gasteiger partial charge in [0.25, 0.3) is 0 Å². The Morgan fingerprint density at radius 1 is 0.742 bits per heavy atom. The average Bonchev–Trinajstić information content (AvgIpc) is 3.73. The van der Waals surface area contributed by atoms with E-state index in [0.29, 0.717) is 84.0 Å². The van der Waals surface area contributed by atoms with E-state index in [-0.39, 0.29) is 18.4 Å². The number of piperazine rings is 1. The fourth-order valence-corrected chi connectivity index (χ4v) is 7.93. The lowest BCUT2D eigenvalue weighted by Gasteiger charge is -2.35. The molecule has 8 rings (SSSR count). The Labute approximate surface area is 363 Å². The van der Waals surface area contributed by atoms with Crippen molar-refractivity contribution >= 4 is 35.4 Å². The van der Waals surface area contributed by atoms with Crippen LogP contribution in [0.4, 0.5) is 28.2 Å². The van der Waals surface area contributed by atoms with Crippen LogP contribution >= 0.6 is 0 Å². The molecule has 3 aliphatic heterocycles. The summed E-state index contributed by atoms with van der Waals surface area (Å²) < 4.78 is 22.0. The highest BCUT2D eigenvalue weighted by molar-refractivity contribution is 5.81. The van der Waals surface area contributed by atoms with Crippen molar-refractivity contribution in [1.82, 2.24) is 29.7 Å². The largest absolute Gasteiger partial charge is 0.497 e. The van der Waals surface area contributed by atoms with Gasteiger partial charge in [-0.1, -0.05) is 36.4 Å². The molecule has 3 aliphatic rings. The van der Waals surface area contributed by atoms with E-state index in [1.807, 2.05) is 74.5 Å². The van der Waals surface area contributed by atoms with Crippen molar-refractivity contribution in [1.29, 1.82) is 0 Å². The van der Waals surface area contributed by atoms with E-state index >= 15 is 0 Å². The van der Waals surface area contributed by atoms with Gasteiger partial charge in [0.05, 0.1) is 39.5 Å². The van der Waals surface area contributed by atoms with Crippen molar-refractivity contribution in [2.45, 2.75) is 52.3 Å². The van der Waals surface area contributed by atoms with Crippen molar-refractivity contribution in [3.63, 3.8) is 0 Å². The molecule has 5 aromatic rings. The Hall–Kier alpha value is -6.48. The molecule has 0 radical (unpaired) electrons. The first-order valence-corrected chi connectivity index (χ1v) is 21.2. The van der Waals surface area contributed by atoms with Crippen LogP contribution in [0.25, 0.3) is 11.3 Å². The van der Waals surface area contributed by atoms with Gasteiger partial charge in [0.2, 0.25) is 17.8 Å². The SMILES string of the molecule is COc1ccc(CN(Cc2ccc(OC)cc2)c2ncc(-c3nc(N4CCOCC4)nc4c3CCN4c3cccc(CC(=O)N4CCN(C(=O)OC(C)(C)C)CC4)c3)cn2)cc1. The lowest BCUT2D eigenvalue weighted by molar-refractivity contribution is -0.132. The number of fused-ring (bicyclic) bond motifs is 1. The number of methoxy groups -OCH3 is 2. The van der Waals surface area contributed by atoms with E-state index in [0.717, 1.165) is 62.9 Å². The number of amides is 2. The van der Waals surface area contributed by atoms with Crippen LogP contribution in [-0.4, -0.2) is 121 Å². The van der Waals surface area contributed by atoms with Gasteiger partial charge < -0.3 is 43.4 Å². The van der Waals surface area contributed by atoms with E-state index in [2.05, 4.69) is 51.1 Å². The monoisotopic (exact) mass is 841 g/mol. The number of benzene rings is 3. The second kappa shape index (κ2) is 18.6. The zero-order valence-corrected chi connectivity index (χ0v) is 36.2. The van der Waals surface area contributed by atoms with Crippen LogP contribution < -0.4 is 24.2 Å². The van der Waals surface area contributed by atoms with Crippen molar-refractivity contribution < 1.29 is 28.5 Å². The molecule has 0 N–H and O–H groups in total. The lowest BCUT2D eigenvalue weighted by Crippen LogP contribution is -2.52. The molecule has 0 unspecified atom stereocenters. The van der Waals surface area contributed by atoms with E-state index < -0.39 is 5.60 Å². The number of hydrogen-bond donors (Lipinski definition) is 0. The Bertz CT molecular complexity index is 2270. The lowest BCUT2D eigenvalue weighted by atomic mass is 10.1. The van der Waals surface area contributed by atoms with Gasteiger partial charge in [0.15, 0.2) is 0 Å². The molecule has 2 fully saturated rings. The van der Waals surface area contributed by atoms with Crippen LogP contribution in [0.15, 0.2) is 85.2 Å². The third-order valence-corrected chi connectivity index (χ3v) is 11.2. The van der Waals surface area contributed by atoms with E-state index in [4.69, 9.17) is 38.9 Å². The molecule has 324 valence electrons. The molecule has 0 atom stereocenters. The number of morpholine rings is 1. The van der Waals surface area contributed by atoms with Crippen LogP contribution in [-0.2, 0) is 40.2 Å². The Morgan fingerprint density at radius 2 is 1.35 bits per heavy atom. The molecule has 0 spiro atoms. The maximum atomic E-state index is 13.5. The summed E-state index contributed by atoms with van der Waals surface area (Å²) in [6.45, 7) is 11.8. The molecule has 15 heteroatoms. The van der Waals surface area contributed by atoms with Crippen molar-refractivity contribution in [2.24, 2.45) is 0 Å². The van der Waals surface area contributed by atoms with Crippen LogP contribution in [0.3, 0.4) is 0 Å². The topological polar surface area (TPSA) is 139 Å². The normalized spacial score (nSPS) is 15.3. The zero-order chi connectivity index (χ0) is 43.2. The fraction of sp³-hybridized carbons (Fsp3) is 0.404.